The number of aryl methyl sites for hydroxylation is 2. The van der Waals surface area contributed by atoms with Crippen molar-refractivity contribution in [2.24, 2.45) is 0 Å². The molecule has 0 spiro atoms. The van der Waals surface area contributed by atoms with Crippen molar-refractivity contribution in [3.05, 3.63) is 58.1 Å². The average Bonchev–Trinajstić information content (AvgIpc) is 2.62. The Morgan fingerprint density at radius 1 is 1.15 bits per heavy atom. The minimum Gasteiger partial charge on any atom is -0.393 e. The van der Waals surface area contributed by atoms with E-state index in [1.54, 1.807) is 6.92 Å². The molecule has 144 valence electrons. The molecule has 1 aliphatic heterocycles. The zero-order valence-corrected chi connectivity index (χ0v) is 16.8. The average molecular weight is 367 g/mol. The smallest absolute Gasteiger partial charge is 0.160 e. The fourth-order valence-corrected chi connectivity index (χ4v) is 4.23. The SMILES string of the molecule is CC(=O)c1c(C)cc(C)c(CNc2ccccc2N2CCC(O)CC2)c1C. The number of aliphatic hydroxyl groups is 1. The van der Waals surface area contributed by atoms with Gasteiger partial charge in [-0.15, -0.1) is 0 Å². The maximum Gasteiger partial charge on any atom is 0.160 e. The maximum atomic E-state index is 12.1. The fourth-order valence-electron chi connectivity index (χ4n) is 4.23. The van der Waals surface area contributed by atoms with Gasteiger partial charge in [-0.3, -0.25) is 4.79 Å². The number of hydrogen-bond donors (Lipinski definition) is 2. The molecule has 4 heteroatoms. The molecule has 2 aromatic rings. The van der Waals surface area contributed by atoms with Crippen molar-refractivity contribution in [2.75, 3.05) is 23.3 Å². The molecule has 1 saturated heterocycles. The summed E-state index contributed by atoms with van der Waals surface area (Å²) < 4.78 is 0. The van der Waals surface area contributed by atoms with E-state index >= 15 is 0 Å². The van der Waals surface area contributed by atoms with Crippen molar-refractivity contribution >= 4 is 17.2 Å². The summed E-state index contributed by atoms with van der Waals surface area (Å²) in [5.74, 6) is 0.124. The number of anilines is 2. The lowest BCUT2D eigenvalue weighted by Gasteiger charge is -2.33. The van der Waals surface area contributed by atoms with Crippen LogP contribution >= 0.6 is 0 Å². The Labute approximate surface area is 162 Å². The number of para-hydroxylation sites is 2. The van der Waals surface area contributed by atoms with Gasteiger partial charge in [-0.25, -0.2) is 0 Å². The van der Waals surface area contributed by atoms with E-state index in [9.17, 15) is 9.90 Å². The highest BCUT2D eigenvalue weighted by Crippen LogP contribution is 2.30. The van der Waals surface area contributed by atoms with Crippen LogP contribution in [0.1, 0.15) is 52.4 Å². The second-order valence-electron chi connectivity index (χ2n) is 7.63. The molecule has 1 fully saturated rings. The molecule has 0 aromatic heterocycles. The lowest BCUT2D eigenvalue weighted by atomic mass is 9.91. The Hall–Kier alpha value is -2.33. The Morgan fingerprint density at radius 2 is 1.81 bits per heavy atom. The maximum absolute atomic E-state index is 12.1. The number of piperidine rings is 1. The number of rotatable bonds is 5. The summed E-state index contributed by atoms with van der Waals surface area (Å²) in [6.45, 7) is 10.2. The molecule has 1 heterocycles. The van der Waals surface area contributed by atoms with E-state index in [2.05, 4.69) is 41.4 Å². The predicted molar refractivity (Wildman–Crippen MR) is 112 cm³/mol. The molecule has 0 aliphatic carbocycles. The summed E-state index contributed by atoms with van der Waals surface area (Å²) in [4.78, 5) is 14.4. The molecular formula is C23H30N2O2. The first-order chi connectivity index (χ1) is 12.9. The molecule has 0 saturated carbocycles. The van der Waals surface area contributed by atoms with E-state index in [-0.39, 0.29) is 11.9 Å². The lowest BCUT2D eigenvalue weighted by Crippen LogP contribution is -2.36. The van der Waals surface area contributed by atoms with E-state index in [0.29, 0.717) is 6.54 Å². The zero-order valence-electron chi connectivity index (χ0n) is 16.8. The molecular weight excluding hydrogens is 336 g/mol. The Bertz CT molecular complexity index is 837. The first-order valence-electron chi connectivity index (χ1n) is 9.75. The van der Waals surface area contributed by atoms with E-state index in [1.165, 1.54) is 16.8 Å². The molecule has 3 rings (SSSR count). The topological polar surface area (TPSA) is 52.6 Å². The summed E-state index contributed by atoms with van der Waals surface area (Å²) >= 11 is 0. The summed E-state index contributed by atoms with van der Waals surface area (Å²) in [5.41, 5.74) is 7.64. The summed E-state index contributed by atoms with van der Waals surface area (Å²) in [6.07, 6.45) is 1.45. The van der Waals surface area contributed by atoms with E-state index in [0.717, 1.165) is 48.3 Å². The summed E-state index contributed by atoms with van der Waals surface area (Å²) in [5, 5.41) is 13.4. The first-order valence-corrected chi connectivity index (χ1v) is 9.75. The molecule has 2 N–H and O–H groups in total. The van der Waals surface area contributed by atoms with Crippen molar-refractivity contribution in [1.29, 1.82) is 0 Å². The van der Waals surface area contributed by atoms with Crippen molar-refractivity contribution in [1.82, 2.24) is 0 Å². The van der Waals surface area contributed by atoms with Gasteiger partial charge in [0.1, 0.15) is 0 Å². The van der Waals surface area contributed by atoms with Gasteiger partial charge in [0.05, 0.1) is 17.5 Å². The number of Topliss-reactive ketones (excluding diaryl/α,β-unsaturated/α-hetero) is 1. The van der Waals surface area contributed by atoms with E-state index < -0.39 is 0 Å². The Balaban J connectivity index is 1.84. The third kappa shape index (κ3) is 4.16. The standard InChI is InChI=1S/C23H30N2O2/c1-15-13-16(2)23(18(4)26)17(3)20(15)14-24-21-7-5-6-8-22(21)25-11-9-19(27)10-12-25/h5-8,13,19,24,27H,9-12,14H2,1-4H3. The molecule has 0 unspecified atom stereocenters. The van der Waals surface area contributed by atoms with Gasteiger partial charge >= 0.3 is 0 Å². The third-order valence-corrected chi connectivity index (χ3v) is 5.65. The molecule has 4 nitrogen and oxygen atoms in total. The minimum atomic E-state index is -0.177. The van der Waals surface area contributed by atoms with Crippen LogP contribution in [0.5, 0.6) is 0 Å². The fraction of sp³-hybridized carbons (Fsp3) is 0.435. The molecule has 0 bridgehead atoms. The number of carbonyl (C=O) groups is 1. The Morgan fingerprint density at radius 3 is 2.48 bits per heavy atom. The summed E-state index contributed by atoms with van der Waals surface area (Å²) in [7, 11) is 0. The highest BCUT2D eigenvalue weighted by Gasteiger charge is 2.19. The highest BCUT2D eigenvalue weighted by atomic mass is 16.3. The molecule has 0 atom stereocenters. The van der Waals surface area contributed by atoms with Crippen LogP contribution in [0, 0.1) is 20.8 Å². The van der Waals surface area contributed by atoms with Crippen molar-refractivity contribution in [3.63, 3.8) is 0 Å². The molecule has 1 aliphatic rings. The van der Waals surface area contributed by atoms with Crippen molar-refractivity contribution < 1.29 is 9.90 Å². The van der Waals surface area contributed by atoms with Gasteiger partial charge in [-0.1, -0.05) is 18.2 Å². The molecule has 0 amide bonds. The van der Waals surface area contributed by atoms with Gasteiger partial charge in [0.15, 0.2) is 5.78 Å². The molecule has 0 radical (unpaired) electrons. The van der Waals surface area contributed by atoms with Gasteiger partial charge in [-0.2, -0.15) is 0 Å². The van der Waals surface area contributed by atoms with Gasteiger partial charge < -0.3 is 15.3 Å². The number of nitrogens with one attached hydrogen (secondary N) is 1. The number of ketones is 1. The van der Waals surface area contributed by atoms with Crippen LogP contribution in [-0.2, 0) is 6.54 Å². The predicted octanol–water partition coefficient (Wildman–Crippen LogP) is 4.39. The molecule has 27 heavy (non-hydrogen) atoms. The lowest BCUT2D eigenvalue weighted by molar-refractivity contribution is 0.101. The van der Waals surface area contributed by atoms with Gasteiger partial charge in [-0.05, 0) is 74.9 Å². The largest absolute Gasteiger partial charge is 0.393 e. The summed E-state index contributed by atoms with van der Waals surface area (Å²) in [6, 6.07) is 10.4. The minimum absolute atomic E-state index is 0.124. The van der Waals surface area contributed by atoms with Crippen LogP contribution in [0.15, 0.2) is 30.3 Å². The number of nitrogens with zero attached hydrogens (tertiary/aromatic N) is 1. The van der Waals surface area contributed by atoms with E-state index in [1.807, 2.05) is 19.9 Å². The second kappa shape index (κ2) is 8.13. The van der Waals surface area contributed by atoms with Crippen molar-refractivity contribution in [2.45, 2.75) is 53.2 Å². The third-order valence-electron chi connectivity index (χ3n) is 5.65. The quantitative estimate of drug-likeness (QED) is 0.771. The van der Waals surface area contributed by atoms with Crippen LogP contribution in [-0.4, -0.2) is 30.1 Å². The monoisotopic (exact) mass is 366 g/mol. The van der Waals surface area contributed by atoms with Crippen LogP contribution in [0.3, 0.4) is 0 Å². The number of aliphatic hydroxyl groups excluding tert-OH is 1. The van der Waals surface area contributed by atoms with Crippen molar-refractivity contribution in [3.8, 4) is 0 Å². The van der Waals surface area contributed by atoms with Gasteiger partial charge in [0.2, 0.25) is 0 Å². The van der Waals surface area contributed by atoms with Crippen LogP contribution in [0.25, 0.3) is 0 Å². The number of hydrogen-bond acceptors (Lipinski definition) is 4. The molecule has 2 aromatic carbocycles. The number of benzene rings is 2. The number of carbonyl (C=O) groups excluding carboxylic acids is 1. The zero-order chi connectivity index (χ0) is 19.6. The van der Waals surface area contributed by atoms with Crippen LogP contribution in [0.4, 0.5) is 11.4 Å². The normalized spacial score (nSPS) is 15.1. The van der Waals surface area contributed by atoms with Crippen LogP contribution < -0.4 is 10.2 Å². The van der Waals surface area contributed by atoms with E-state index in [4.69, 9.17) is 0 Å². The second-order valence-corrected chi connectivity index (χ2v) is 7.63. The Kier molecular flexibility index (Phi) is 5.85. The first kappa shape index (κ1) is 19.4. The highest BCUT2D eigenvalue weighted by molar-refractivity contribution is 5.97. The van der Waals surface area contributed by atoms with Crippen LogP contribution in [0.2, 0.25) is 0 Å². The van der Waals surface area contributed by atoms with Gasteiger partial charge in [0.25, 0.3) is 0 Å². The van der Waals surface area contributed by atoms with Gasteiger partial charge in [0, 0.05) is 25.2 Å².